The van der Waals surface area contributed by atoms with E-state index in [0.29, 0.717) is 33.9 Å². The lowest BCUT2D eigenvalue weighted by Crippen LogP contribution is -2.16. The smallest absolute Gasteiger partial charge is 0.104 e. The van der Waals surface area contributed by atoms with Gasteiger partial charge < -0.3 is 18.3 Å². The summed E-state index contributed by atoms with van der Waals surface area (Å²) in [6.45, 7) is 0. The lowest BCUT2D eigenvalue weighted by atomic mass is 9.98. The topological polar surface area (TPSA) is 67.3 Å². The second-order valence-electron chi connectivity index (χ2n) is 17.8. The number of fused-ring (bicyclic) bond motifs is 16. The van der Waals surface area contributed by atoms with E-state index in [1.54, 1.807) is 11.3 Å². The van der Waals surface area contributed by atoms with Gasteiger partial charge in [-0.25, -0.2) is 0 Å². The van der Waals surface area contributed by atoms with Crippen LogP contribution in [0.5, 0.6) is 0 Å². The number of rotatable bonds is 4. The minimum atomic E-state index is 0.438. The van der Waals surface area contributed by atoms with Crippen molar-refractivity contribution in [3.63, 3.8) is 0 Å². The first-order chi connectivity index (χ1) is 34.2. The summed E-state index contributed by atoms with van der Waals surface area (Å²) in [5.74, 6) is 0. The lowest BCUT2D eigenvalue weighted by molar-refractivity contribution is 1.02. The fourth-order valence-corrected chi connectivity index (χ4v) is 13.0. The minimum absolute atomic E-state index is 0.438. The number of thiophene rings is 1. The van der Waals surface area contributed by atoms with Crippen molar-refractivity contribution in [2.24, 2.45) is 0 Å². The van der Waals surface area contributed by atoms with E-state index in [4.69, 9.17) is 0 Å². The zero-order valence-corrected chi connectivity index (χ0v) is 37.5. The highest BCUT2D eigenvalue weighted by Crippen LogP contribution is 2.50. The maximum atomic E-state index is 12.5. The van der Waals surface area contributed by atoms with Crippen molar-refractivity contribution in [2.75, 3.05) is 0 Å². The summed E-state index contributed by atoms with van der Waals surface area (Å²) < 4.78 is 11.4. The molecule has 0 radical (unpaired) electrons. The first kappa shape index (κ1) is 37.8. The molecule has 15 aromatic rings. The monoisotopic (exact) mass is 894 g/mol. The quantitative estimate of drug-likeness (QED) is 0.177. The van der Waals surface area contributed by atoms with Crippen LogP contribution in [-0.4, -0.2) is 18.3 Å². The average Bonchev–Trinajstić information content (AvgIpc) is 4.21. The van der Waals surface area contributed by atoms with Gasteiger partial charge in [0.2, 0.25) is 0 Å². The number of aromatic nitrogens is 4. The Bertz CT molecular complexity index is 4660. The number of para-hydroxylation sites is 7. The molecular weight excluding hydrogens is 861 g/mol. The molecule has 0 amide bonds. The summed E-state index contributed by atoms with van der Waals surface area (Å²) in [4.78, 5) is 0. The molecule has 5 aromatic heterocycles. The van der Waals surface area contributed by atoms with E-state index >= 15 is 0 Å². The van der Waals surface area contributed by atoms with E-state index in [1.165, 1.54) is 20.2 Å². The van der Waals surface area contributed by atoms with Crippen molar-refractivity contribution in [2.45, 2.75) is 0 Å². The number of benzene rings is 10. The van der Waals surface area contributed by atoms with Crippen molar-refractivity contribution in [1.82, 2.24) is 18.3 Å². The fraction of sp³-hybridized carbons (Fsp3) is 0. The second kappa shape index (κ2) is 14.1. The van der Waals surface area contributed by atoms with Crippen LogP contribution in [0.4, 0.5) is 0 Å². The summed E-state index contributed by atoms with van der Waals surface area (Å²) in [6, 6.07) is 78.0. The average molecular weight is 895 g/mol. The van der Waals surface area contributed by atoms with Crippen molar-refractivity contribution in [1.29, 1.82) is 10.5 Å². The molecule has 0 aliphatic rings. The van der Waals surface area contributed by atoms with Crippen molar-refractivity contribution in [3.05, 3.63) is 217 Å². The molecule has 15 rings (SSSR count). The van der Waals surface area contributed by atoms with Crippen LogP contribution in [0.1, 0.15) is 11.1 Å². The van der Waals surface area contributed by atoms with Crippen LogP contribution in [0.2, 0.25) is 0 Å². The normalized spacial score (nSPS) is 12.0. The van der Waals surface area contributed by atoms with Crippen LogP contribution in [0.25, 0.3) is 130 Å². The molecule has 318 valence electrons. The lowest BCUT2D eigenvalue weighted by Gasteiger charge is -2.27. The van der Waals surface area contributed by atoms with Crippen molar-refractivity contribution < 1.29 is 0 Å². The highest BCUT2D eigenvalue weighted by molar-refractivity contribution is 7.26. The number of nitrogens with zero attached hydrogens (tertiary/aromatic N) is 6. The van der Waals surface area contributed by atoms with Crippen LogP contribution in [0.3, 0.4) is 0 Å². The molecule has 0 saturated carbocycles. The zero-order valence-electron chi connectivity index (χ0n) is 36.7. The fourth-order valence-electron chi connectivity index (χ4n) is 11.7. The van der Waals surface area contributed by atoms with E-state index in [2.05, 4.69) is 237 Å². The van der Waals surface area contributed by atoms with Gasteiger partial charge in [0.25, 0.3) is 0 Å². The predicted molar refractivity (Wildman–Crippen MR) is 286 cm³/mol. The summed E-state index contributed by atoms with van der Waals surface area (Å²) in [7, 11) is 0. The Morgan fingerprint density at radius 1 is 0.275 bits per heavy atom. The van der Waals surface area contributed by atoms with Crippen LogP contribution in [-0.2, 0) is 0 Å². The summed E-state index contributed by atoms with van der Waals surface area (Å²) >= 11 is 1.80. The molecule has 0 unspecified atom stereocenters. The Balaban J connectivity index is 1.27. The Kier molecular flexibility index (Phi) is 7.70. The molecule has 0 spiro atoms. The van der Waals surface area contributed by atoms with Gasteiger partial charge in [-0.2, -0.15) is 10.5 Å². The Labute approximate surface area is 397 Å². The van der Waals surface area contributed by atoms with E-state index in [9.17, 15) is 10.5 Å². The number of hydrogen-bond donors (Lipinski definition) is 0. The van der Waals surface area contributed by atoms with Crippen LogP contribution in [0.15, 0.2) is 206 Å². The van der Waals surface area contributed by atoms with E-state index in [0.717, 1.165) is 87.2 Å². The van der Waals surface area contributed by atoms with Crippen LogP contribution in [0, 0.1) is 22.7 Å². The summed E-state index contributed by atoms with van der Waals surface area (Å²) in [5, 5.41) is 36.0. The molecule has 0 atom stereocenters. The molecule has 0 aliphatic carbocycles. The molecule has 0 N–H and O–H groups in total. The third-order valence-corrected chi connectivity index (χ3v) is 15.6. The standard InChI is InChI=1S/C62H34N6S/c63-35-46-58(65-48-25-9-1-17-37(48)38-18-2-10-26-49(38)65)59(66-50-27-11-3-19-39(50)40-20-4-12-28-51(40)66)47(36-64)61(60(46)67-52-29-13-5-21-41(52)42-22-6-14-30-53(42)67)68-54-31-15-7-24-45(54)57-55(68)34-33-44-43-23-8-16-32-56(43)69-62(44)57/h1-34H. The molecule has 0 aliphatic heterocycles. The van der Waals surface area contributed by atoms with Crippen molar-refractivity contribution in [3.8, 4) is 34.9 Å². The molecule has 7 heteroatoms. The zero-order chi connectivity index (χ0) is 45.5. The summed E-state index contributed by atoms with van der Waals surface area (Å²) in [5.41, 5.74) is 10.9. The number of hydrogen-bond acceptors (Lipinski definition) is 3. The molecule has 6 nitrogen and oxygen atoms in total. The predicted octanol–water partition coefficient (Wildman–Crippen LogP) is 16.2. The van der Waals surface area contributed by atoms with Gasteiger partial charge in [0.1, 0.15) is 23.3 Å². The van der Waals surface area contributed by atoms with E-state index < -0.39 is 0 Å². The highest BCUT2D eigenvalue weighted by Gasteiger charge is 2.34. The number of nitriles is 2. The van der Waals surface area contributed by atoms with E-state index in [1.807, 2.05) is 0 Å². The first-order valence-corrected chi connectivity index (χ1v) is 23.9. The van der Waals surface area contributed by atoms with E-state index in [-0.39, 0.29) is 0 Å². The third-order valence-electron chi connectivity index (χ3n) is 14.4. The molecule has 5 heterocycles. The van der Waals surface area contributed by atoms with Gasteiger partial charge in [-0.3, -0.25) is 0 Å². The van der Waals surface area contributed by atoms with Gasteiger partial charge in [-0.05, 0) is 54.6 Å². The largest absolute Gasteiger partial charge is 0.306 e. The Morgan fingerprint density at radius 2 is 0.565 bits per heavy atom. The maximum absolute atomic E-state index is 12.5. The summed E-state index contributed by atoms with van der Waals surface area (Å²) in [6.07, 6.45) is 0. The molecule has 0 saturated heterocycles. The second-order valence-corrected chi connectivity index (χ2v) is 18.8. The minimum Gasteiger partial charge on any atom is -0.306 e. The van der Waals surface area contributed by atoms with Gasteiger partial charge in [0.05, 0.1) is 66.9 Å². The SMILES string of the molecule is N#Cc1c(-n2c3ccccc3c3ccccc32)c(-n2c3ccccc3c3ccccc32)c(C#N)c(-n2c3ccccc3c3c4sc5ccccc5c4ccc32)c1-n1c2ccccc2c2ccccc21. The Morgan fingerprint density at radius 3 is 0.928 bits per heavy atom. The molecule has 69 heavy (non-hydrogen) atoms. The first-order valence-electron chi connectivity index (χ1n) is 23.1. The highest BCUT2D eigenvalue weighted by atomic mass is 32.1. The Hall–Kier alpha value is -9.40. The van der Waals surface area contributed by atoms with Gasteiger partial charge in [0, 0.05) is 63.3 Å². The van der Waals surface area contributed by atoms with Crippen LogP contribution >= 0.6 is 11.3 Å². The van der Waals surface area contributed by atoms with Gasteiger partial charge in [0.15, 0.2) is 0 Å². The maximum Gasteiger partial charge on any atom is 0.104 e. The molecule has 0 bridgehead atoms. The van der Waals surface area contributed by atoms with Gasteiger partial charge in [-0.1, -0.05) is 152 Å². The van der Waals surface area contributed by atoms with Crippen molar-refractivity contribution >= 4 is 119 Å². The molecular formula is C62H34N6S. The molecule has 10 aromatic carbocycles. The third kappa shape index (κ3) is 4.91. The van der Waals surface area contributed by atoms with Crippen LogP contribution < -0.4 is 0 Å². The van der Waals surface area contributed by atoms with Gasteiger partial charge in [-0.15, -0.1) is 11.3 Å². The molecule has 0 fully saturated rings. The van der Waals surface area contributed by atoms with Gasteiger partial charge >= 0.3 is 0 Å².